The molecule has 1 atom stereocenters. The monoisotopic (exact) mass is 296 g/mol. The normalized spacial score (nSPS) is 18.6. The largest absolute Gasteiger partial charge is 0.326 e. The van der Waals surface area contributed by atoms with Gasteiger partial charge in [0, 0.05) is 18.0 Å². The zero-order valence-corrected chi connectivity index (χ0v) is 13.9. The molecule has 1 aliphatic heterocycles. The zero-order chi connectivity index (χ0) is 15.7. The molecule has 3 heterocycles. The van der Waals surface area contributed by atoms with E-state index in [1.807, 2.05) is 26.4 Å². The molecule has 0 N–H and O–H groups in total. The van der Waals surface area contributed by atoms with E-state index in [2.05, 4.69) is 51.6 Å². The fraction of sp³-hybridized carbons (Fsp3) is 0.444. The second-order valence-electron chi connectivity index (χ2n) is 5.87. The van der Waals surface area contributed by atoms with Gasteiger partial charge >= 0.3 is 0 Å². The standard InChI is InChI=1S/C16H18N4.C2H6/c1-11-3-4-14-13(7-11)16-15(8-17-14)18-10-20(16)12-5-6-19(2)9-12;1-2/h3-4,7-8,10,12H,5-6,9H2,1-2H3;1-2H3. The third-order valence-corrected chi connectivity index (χ3v) is 4.31. The van der Waals surface area contributed by atoms with Gasteiger partial charge in [0.25, 0.3) is 0 Å². The van der Waals surface area contributed by atoms with Crippen LogP contribution in [0.3, 0.4) is 0 Å². The average Bonchev–Trinajstić information content (AvgIpc) is 3.15. The first-order chi connectivity index (χ1) is 10.7. The summed E-state index contributed by atoms with van der Waals surface area (Å²) >= 11 is 0. The lowest BCUT2D eigenvalue weighted by molar-refractivity contribution is 0.395. The Kier molecular flexibility index (Phi) is 4.12. The quantitative estimate of drug-likeness (QED) is 0.685. The highest BCUT2D eigenvalue weighted by Gasteiger charge is 2.23. The Morgan fingerprint density at radius 2 is 1.95 bits per heavy atom. The van der Waals surface area contributed by atoms with Crippen molar-refractivity contribution < 1.29 is 0 Å². The summed E-state index contributed by atoms with van der Waals surface area (Å²) in [7, 11) is 2.18. The molecule has 4 rings (SSSR count). The summed E-state index contributed by atoms with van der Waals surface area (Å²) in [5.41, 5.74) is 4.55. The Bertz CT molecular complexity index is 790. The molecule has 1 saturated heterocycles. The molecular weight excluding hydrogens is 272 g/mol. The predicted molar refractivity (Wildman–Crippen MR) is 92.3 cm³/mol. The van der Waals surface area contributed by atoms with Crippen LogP contribution in [0.1, 0.15) is 31.9 Å². The number of nitrogens with zero attached hydrogens (tertiary/aromatic N) is 4. The molecule has 0 bridgehead atoms. The van der Waals surface area contributed by atoms with Gasteiger partial charge in [-0.05, 0) is 39.1 Å². The van der Waals surface area contributed by atoms with Gasteiger partial charge in [-0.15, -0.1) is 0 Å². The molecule has 1 aliphatic rings. The number of hydrogen-bond donors (Lipinski definition) is 0. The van der Waals surface area contributed by atoms with Crippen LogP contribution in [0.5, 0.6) is 0 Å². The van der Waals surface area contributed by atoms with Crippen molar-refractivity contribution in [1.82, 2.24) is 19.4 Å². The number of likely N-dealkylation sites (tertiary alicyclic amines) is 1. The minimum Gasteiger partial charge on any atom is -0.326 e. The number of aryl methyl sites for hydroxylation is 1. The van der Waals surface area contributed by atoms with Gasteiger partial charge in [-0.25, -0.2) is 4.98 Å². The van der Waals surface area contributed by atoms with Gasteiger partial charge in [0.05, 0.1) is 23.6 Å². The van der Waals surface area contributed by atoms with Crippen molar-refractivity contribution in [1.29, 1.82) is 0 Å². The van der Waals surface area contributed by atoms with Crippen LogP contribution in [0, 0.1) is 6.92 Å². The van der Waals surface area contributed by atoms with Crippen molar-refractivity contribution in [3.05, 3.63) is 36.3 Å². The maximum atomic E-state index is 4.55. The molecule has 0 aliphatic carbocycles. The minimum atomic E-state index is 0.524. The van der Waals surface area contributed by atoms with E-state index in [-0.39, 0.29) is 0 Å². The molecule has 1 fully saturated rings. The van der Waals surface area contributed by atoms with Gasteiger partial charge in [0.2, 0.25) is 0 Å². The van der Waals surface area contributed by atoms with Crippen molar-refractivity contribution in [2.45, 2.75) is 33.2 Å². The lowest BCUT2D eigenvalue weighted by Gasteiger charge is -2.14. The van der Waals surface area contributed by atoms with Crippen molar-refractivity contribution >= 4 is 21.9 Å². The Hall–Kier alpha value is -1.94. The van der Waals surface area contributed by atoms with E-state index >= 15 is 0 Å². The lowest BCUT2D eigenvalue weighted by Crippen LogP contribution is -2.16. The minimum absolute atomic E-state index is 0.524. The third kappa shape index (κ3) is 2.48. The second kappa shape index (κ2) is 6.05. The number of pyridine rings is 1. The maximum Gasteiger partial charge on any atom is 0.107 e. The van der Waals surface area contributed by atoms with Crippen molar-refractivity contribution in [2.75, 3.05) is 20.1 Å². The predicted octanol–water partition coefficient (Wildman–Crippen LogP) is 3.80. The Labute approximate surface area is 131 Å². The first-order valence-electron chi connectivity index (χ1n) is 8.13. The first kappa shape index (κ1) is 15.0. The second-order valence-corrected chi connectivity index (χ2v) is 5.87. The number of aromatic nitrogens is 3. The van der Waals surface area contributed by atoms with Crippen LogP contribution in [-0.2, 0) is 0 Å². The number of imidazole rings is 1. The summed E-state index contributed by atoms with van der Waals surface area (Å²) in [4.78, 5) is 11.4. The molecule has 1 aromatic carbocycles. The molecule has 116 valence electrons. The number of likely N-dealkylation sites (N-methyl/N-ethyl adjacent to an activating group) is 1. The fourth-order valence-electron chi connectivity index (χ4n) is 3.25. The first-order valence-corrected chi connectivity index (χ1v) is 8.13. The Morgan fingerprint density at radius 3 is 2.68 bits per heavy atom. The highest BCUT2D eigenvalue weighted by atomic mass is 15.2. The average molecular weight is 296 g/mol. The van der Waals surface area contributed by atoms with Gasteiger partial charge in [-0.2, -0.15) is 0 Å². The Morgan fingerprint density at radius 1 is 1.14 bits per heavy atom. The number of rotatable bonds is 1. The topological polar surface area (TPSA) is 34.0 Å². The highest BCUT2D eigenvalue weighted by Crippen LogP contribution is 2.29. The van der Waals surface area contributed by atoms with E-state index in [0.29, 0.717) is 6.04 Å². The lowest BCUT2D eigenvalue weighted by atomic mass is 10.1. The van der Waals surface area contributed by atoms with Crippen molar-refractivity contribution in [2.24, 2.45) is 0 Å². The fourth-order valence-corrected chi connectivity index (χ4v) is 3.25. The van der Waals surface area contributed by atoms with Crippen LogP contribution >= 0.6 is 0 Å². The van der Waals surface area contributed by atoms with E-state index in [1.54, 1.807) is 0 Å². The summed E-state index contributed by atoms with van der Waals surface area (Å²) in [6.45, 7) is 8.38. The van der Waals surface area contributed by atoms with Crippen LogP contribution < -0.4 is 0 Å². The van der Waals surface area contributed by atoms with Crippen LogP contribution in [0.25, 0.3) is 21.9 Å². The summed E-state index contributed by atoms with van der Waals surface area (Å²) < 4.78 is 2.35. The Balaban J connectivity index is 0.000000693. The number of fused-ring (bicyclic) bond motifs is 3. The molecule has 0 amide bonds. The summed E-state index contributed by atoms with van der Waals surface area (Å²) in [6, 6.07) is 6.96. The van der Waals surface area contributed by atoms with Gasteiger partial charge in [0.15, 0.2) is 0 Å². The van der Waals surface area contributed by atoms with E-state index < -0.39 is 0 Å². The molecule has 4 heteroatoms. The molecule has 1 unspecified atom stereocenters. The van der Waals surface area contributed by atoms with Crippen LogP contribution in [-0.4, -0.2) is 39.6 Å². The van der Waals surface area contributed by atoms with Gasteiger partial charge < -0.3 is 9.47 Å². The van der Waals surface area contributed by atoms with Crippen LogP contribution in [0.15, 0.2) is 30.7 Å². The maximum absolute atomic E-state index is 4.55. The smallest absolute Gasteiger partial charge is 0.107 e. The highest BCUT2D eigenvalue weighted by molar-refractivity contribution is 6.02. The molecule has 0 spiro atoms. The molecule has 22 heavy (non-hydrogen) atoms. The number of hydrogen-bond acceptors (Lipinski definition) is 3. The summed E-state index contributed by atoms with van der Waals surface area (Å²) in [5, 5.41) is 1.22. The van der Waals surface area contributed by atoms with Crippen LogP contribution in [0.4, 0.5) is 0 Å². The third-order valence-electron chi connectivity index (χ3n) is 4.31. The molecular formula is C18H24N4. The molecule has 0 radical (unpaired) electrons. The van der Waals surface area contributed by atoms with E-state index in [9.17, 15) is 0 Å². The van der Waals surface area contributed by atoms with E-state index in [0.717, 1.165) is 24.1 Å². The van der Waals surface area contributed by atoms with E-state index in [1.165, 1.54) is 22.9 Å². The summed E-state index contributed by atoms with van der Waals surface area (Å²) in [6.07, 6.45) is 5.07. The summed E-state index contributed by atoms with van der Waals surface area (Å²) in [5.74, 6) is 0. The van der Waals surface area contributed by atoms with Crippen LogP contribution in [0.2, 0.25) is 0 Å². The van der Waals surface area contributed by atoms with Gasteiger partial charge in [-0.1, -0.05) is 25.5 Å². The SMILES string of the molecule is CC.Cc1ccc2ncc3ncn(C4CCN(C)C4)c3c2c1. The zero-order valence-electron chi connectivity index (χ0n) is 13.9. The van der Waals surface area contributed by atoms with Crippen molar-refractivity contribution in [3.63, 3.8) is 0 Å². The molecule has 3 aromatic rings. The van der Waals surface area contributed by atoms with Gasteiger partial charge in [-0.3, -0.25) is 4.98 Å². The van der Waals surface area contributed by atoms with E-state index in [4.69, 9.17) is 0 Å². The number of benzene rings is 1. The van der Waals surface area contributed by atoms with Gasteiger partial charge in [0.1, 0.15) is 5.52 Å². The molecule has 0 saturated carbocycles. The molecule has 2 aromatic heterocycles. The molecule has 4 nitrogen and oxygen atoms in total. The van der Waals surface area contributed by atoms with Crippen molar-refractivity contribution in [3.8, 4) is 0 Å².